The van der Waals surface area contributed by atoms with Crippen LogP contribution in [0.5, 0.6) is 0 Å². The summed E-state index contributed by atoms with van der Waals surface area (Å²) in [6, 6.07) is 2.05. The van der Waals surface area contributed by atoms with Crippen LogP contribution in [0.2, 0.25) is 0 Å². The highest BCUT2D eigenvalue weighted by Crippen LogP contribution is 2.47. The second-order valence-electron chi connectivity index (χ2n) is 8.41. The van der Waals surface area contributed by atoms with Gasteiger partial charge in [0.05, 0.1) is 40.3 Å². The summed E-state index contributed by atoms with van der Waals surface area (Å²) in [7, 11) is 2.63. The molecule has 2 aromatic heterocycles. The Morgan fingerprint density at radius 2 is 1.87 bits per heavy atom. The molecule has 0 aliphatic carbocycles. The van der Waals surface area contributed by atoms with Gasteiger partial charge in [0.2, 0.25) is 0 Å². The minimum absolute atomic E-state index is 0.0379. The van der Waals surface area contributed by atoms with Gasteiger partial charge in [0.1, 0.15) is 0 Å². The zero-order valence-electron chi connectivity index (χ0n) is 17.9. The van der Waals surface area contributed by atoms with Gasteiger partial charge in [-0.3, -0.25) is 9.78 Å². The average Bonchev–Trinajstić information content (AvgIpc) is 3.13. The van der Waals surface area contributed by atoms with Crippen molar-refractivity contribution >= 4 is 25.3 Å². The number of allylic oxidation sites excluding steroid dienone is 1. The SMILES string of the molecule is CC1=CC(N2CCN(C)CC2)=CN2C(=O)C=C(c3cc4c(C)nc(C)cn4n3)PC12. The van der Waals surface area contributed by atoms with Gasteiger partial charge in [-0.25, -0.2) is 4.52 Å². The van der Waals surface area contributed by atoms with Crippen molar-refractivity contribution in [3.8, 4) is 0 Å². The standard InChI is InChI=1S/C22H27N6OP/c1-14-9-17(26-7-5-25(4)6-8-26)13-27-21(29)11-20(30-22(14)27)18-10-19-16(3)23-15(2)12-28(19)24-18/h9-13,22,30H,5-8H2,1-4H3. The van der Waals surface area contributed by atoms with Crippen LogP contribution < -0.4 is 0 Å². The quantitative estimate of drug-likeness (QED) is 0.697. The van der Waals surface area contributed by atoms with Crippen LogP contribution in [0.1, 0.15) is 24.0 Å². The molecule has 3 aliphatic heterocycles. The van der Waals surface area contributed by atoms with Crippen molar-refractivity contribution in [1.82, 2.24) is 29.3 Å². The molecular weight excluding hydrogens is 395 g/mol. The zero-order chi connectivity index (χ0) is 21.0. The fraction of sp³-hybridized carbons (Fsp3) is 0.409. The second-order valence-corrected chi connectivity index (χ2v) is 9.78. The van der Waals surface area contributed by atoms with Gasteiger partial charge in [-0.2, -0.15) is 5.10 Å². The predicted octanol–water partition coefficient (Wildman–Crippen LogP) is 2.58. The van der Waals surface area contributed by atoms with Crippen LogP contribution in [0, 0.1) is 13.8 Å². The molecule has 2 aromatic rings. The molecule has 156 valence electrons. The first-order valence-electron chi connectivity index (χ1n) is 10.4. The number of hydrogen-bond donors (Lipinski definition) is 0. The molecule has 3 aliphatic rings. The molecule has 0 radical (unpaired) electrons. The van der Waals surface area contributed by atoms with Crippen LogP contribution >= 0.6 is 8.58 Å². The molecule has 30 heavy (non-hydrogen) atoms. The van der Waals surface area contributed by atoms with E-state index in [1.165, 1.54) is 5.57 Å². The summed E-state index contributed by atoms with van der Waals surface area (Å²) in [6.45, 7) is 10.2. The van der Waals surface area contributed by atoms with Crippen LogP contribution in [0.25, 0.3) is 10.8 Å². The lowest BCUT2D eigenvalue weighted by Gasteiger charge is -2.40. The fourth-order valence-corrected chi connectivity index (χ4v) is 5.78. The maximum absolute atomic E-state index is 13.1. The van der Waals surface area contributed by atoms with Gasteiger partial charge in [-0.05, 0) is 45.5 Å². The summed E-state index contributed by atoms with van der Waals surface area (Å²) in [5.74, 6) is 0.121. The number of carbonyl (C=O) groups excluding carboxylic acids is 1. The lowest BCUT2D eigenvalue weighted by atomic mass is 10.1. The highest BCUT2D eigenvalue weighted by Gasteiger charge is 2.33. The zero-order valence-corrected chi connectivity index (χ0v) is 18.9. The first kappa shape index (κ1) is 19.5. The molecular formula is C22H27N6OP. The molecule has 1 saturated heterocycles. The molecule has 5 rings (SSSR count). The molecule has 0 saturated carbocycles. The van der Waals surface area contributed by atoms with E-state index in [0.29, 0.717) is 8.58 Å². The largest absolute Gasteiger partial charge is 0.368 e. The van der Waals surface area contributed by atoms with E-state index in [4.69, 9.17) is 5.10 Å². The van der Waals surface area contributed by atoms with Gasteiger partial charge < -0.3 is 14.7 Å². The van der Waals surface area contributed by atoms with Crippen molar-refractivity contribution in [2.24, 2.45) is 0 Å². The Kier molecular flexibility index (Phi) is 4.75. The van der Waals surface area contributed by atoms with Gasteiger partial charge in [-0.1, -0.05) is 8.58 Å². The minimum atomic E-state index is 0.0379. The molecule has 5 heterocycles. The predicted molar refractivity (Wildman–Crippen MR) is 120 cm³/mol. The van der Waals surface area contributed by atoms with E-state index in [2.05, 4.69) is 40.9 Å². The van der Waals surface area contributed by atoms with Crippen molar-refractivity contribution in [3.63, 3.8) is 0 Å². The molecule has 2 atom stereocenters. The van der Waals surface area contributed by atoms with Crippen LogP contribution in [-0.2, 0) is 4.79 Å². The van der Waals surface area contributed by atoms with Gasteiger partial charge in [0, 0.05) is 43.8 Å². The molecule has 0 N–H and O–H groups in total. The van der Waals surface area contributed by atoms with Crippen molar-refractivity contribution in [2.45, 2.75) is 26.6 Å². The van der Waals surface area contributed by atoms with E-state index in [0.717, 1.165) is 59.8 Å². The minimum Gasteiger partial charge on any atom is -0.368 e. The third-order valence-corrected chi connectivity index (χ3v) is 7.79. The van der Waals surface area contributed by atoms with E-state index in [-0.39, 0.29) is 11.7 Å². The summed E-state index contributed by atoms with van der Waals surface area (Å²) in [4.78, 5) is 24.3. The molecule has 8 heteroatoms. The topological polar surface area (TPSA) is 57.0 Å². The summed E-state index contributed by atoms with van der Waals surface area (Å²) in [6.07, 6.45) is 8.01. The monoisotopic (exact) mass is 422 g/mol. The average molecular weight is 422 g/mol. The first-order chi connectivity index (χ1) is 14.4. The van der Waals surface area contributed by atoms with Crippen LogP contribution in [-0.4, -0.2) is 74.2 Å². The number of hydrogen-bond acceptors (Lipinski definition) is 5. The van der Waals surface area contributed by atoms with Gasteiger partial charge in [-0.15, -0.1) is 0 Å². The van der Waals surface area contributed by atoms with Gasteiger partial charge in [0.25, 0.3) is 5.91 Å². The van der Waals surface area contributed by atoms with E-state index in [9.17, 15) is 4.79 Å². The molecule has 1 amide bonds. The van der Waals surface area contributed by atoms with Crippen molar-refractivity contribution in [1.29, 1.82) is 0 Å². The third-order valence-electron chi connectivity index (χ3n) is 6.07. The smallest absolute Gasteiger partial charge is 0.252 e. The Hall–Kier alpha value is -2.50. The number of rotatable bonds is 2. The molecule has 1 fully saturated rings. The molecule has 2 unspecified atom stereocenters. The highest BCUT2D eigenvalue weighted by molar-refractivity contribution is 7.51. The number of piperazine rings is 1. The van der Waals surface area contributed by atoms with Crippen molar-refractivity contribution in [2.75, 3.05) is 33.2 Å². The van der Waals surface area contributed by atoms with Gasteiger partial charge in [0.15, 0.2) is 0 Å². The maximum Gasteiger partial charge on any atom is 0.252 e. The Balaban J connectivity index is 1.45. The van der Waals surface area contributed by atoms with Crippen LogP contribution in [0.15, 0.2) is 41.9 Å². The molecule has 0 aromatic carbocycles. The number of aromatic nitrogens is 3. The lowest BCUT2D eigenvalue weighted by Crippen LogP contribution is -2.46. The molecule has 7 nitrogen and oxygen atoms in total. The van der Waals surface area contributed by atoms with E-state index in [1.807, 2.05) is 35.7 Å². The molecule has 0 spiro atoms. The van der Waals surface area contributed by atoms with Crippen LogP contribution in [0.3, 0.4) is 0 Å². The third kappa shape index (κ3) is 3.36. The summed E-state index contributed by atoms with van der Waals surface area (Å²) >= 11 is 0. The molecule has 0 bridgehead atoms. The Bertz CT molecular complexity index is 1120. The highest BCUT2D eigenvalue weighted by atomic mass is 31.1. The number of aryl methyl sites for hydroxylation is 2. The van der Waals surface area contributed by atoms with Crippen molar-refractivity contribution in [3.05, 3.63) is 59.0 Å². The second kappa shape index (κ2) is 7.33. The number of likely N-dealkylation sites (N-methyl/N-ethyl adjacent to an activating group) is 1. The van der Waals surface area contributed by atoms with Crippen LogP contribution in [0.4, 0.5) is 0 Å². The first-order valence-corrected chi connectivity index (χ1v) is 11.4. The number of fused-ring (bicyclic) bond motifs is 2. The Morgan fingerprint density at radius 1 is 1.10 bits per heavy atom. The summed E-state index contributed by atoms with van der Waals surface area (Å²) in [5.41, 5.74) is 6.14. The lowest BCUT2D eigenvalue weighted by molar-refractivity contribution is -0.124. The van der Waals surface area contributed by atoms with E-state index in [1.54, 1.807) is 6.08 Å². The Morgan fingerprint density at radius 3 is 2.63 bits per heavy atom. The Labute approximate surface area is 178 Å². The maximum atomic E-state index is 13.1. The summed E-state index contributed by atoms with van der Waals surface area (Å²) < 4.78 is 1.88. The van der Waals surface area contributed by atoms with E-state index < -0.39 is 0 Å². The normalized spacial score (nSPS) is 23.5. The van der Waals surface area contributed by atoms with Crippen molar-refractivity contribution < 1.29 is 4.79 Å². The fourth-order valence-electron chi connectivity index (χ4n) is 4.35. The number of amides is 1. The number of nitrogens with zero attached hydrogens (tertiary/aromatic N) is 6. The summed E-state index contributed by atoms with van der Waals surface area (Å²) in [5, 5.41) is 5.77. The number of carbonyl (C=O) groups is 1. The van der Waals surface area contributed by atoms with Gasteiger partial charge >= 0.3 is 0 Å². The van der Waals surface area contributed by atoms with E-state index >= 15 is 0 Å².